The monoisotopic (exact) mass is 391 g/mol. The van der Waals surface area contributed by atoms with E-state index in [0.717, 1.165) is 16.1 Å². The molecule has 0 N–H and O–H groups in total. The fraction of sp³-hybridized carbons (Fsp3) is 0.0952. The zero-order chi connectivity index (χ0) is 18.6. The minimum atomic E-state index is -0.0162. The molecule has 0 aliphatic carbocycles. The summed E-state index contributed by atoms with van der Waals surface area (Å²) in [5.41, 5.74) is 1.86. The second-order valence-electron chi connectivity index (χ2n) is 6.04. The lowest BCUT2D eigenvalue weighted by molar-refractivity contribution is -0.122. The van der Waals surface area contributed by atoms with E-state index in [-0.39, 0.29) is 5.91 Å². The zero-order valence-electron chi connectivity index (χ0n) is 14.7. The number of hydrogen-bond donors (Lipinski definition) is 0. The first-order valence-corrected chi connectivity index (χ1v) is 10.1. The van der Waals surface area contributed by atoms with Gasteiger partial charge in [-0.25, -0.2) is 4.99 Å². The highest BCUT2D eigenvalue weighted by Gasteiger charge is 2.33. The Balaban J connectivity index is 1.69. The molecule has 1 amide bonds. The summed E-state index contributed by atoms with van der Waals surface area (Å²) in [5.74, 6) is -0.0162. The number of carbonyl (C=O) groups excluding carboxylic acids is 1. The van der Waals surface area contributed by atoms with Gasteiger partial charge in [-0.3, -0.25) is 14.7 Å². The molecular weight excluding hydrogens is 374 g/mol. The largest absolute Gasteiger partial charge is 0.282 e. The second-order valence-corrected chi connectivity index (χ2v) is 8.36. The predicted molar refractivity (Wildman–Crippen MR) is 113 cm³/mol. The maximum absolute atomic E-state index is 13.1. The number of thiophene rings is 1. The van der Waals surface area contributed by atoms with Gasteiger partial charge < -0.3 is 0 Å². The molecule has 0 saturated carbocycles. The molecule has 134 valence electrons. The molecule has 1 aromatic carbocycles. The van der Waals surface area contributed by atoms with Crippen molar-refractivity contribution in [3.63, 3.8) is 0 Å². The molecule has 4 nitrogen and oxygen atoms in total. The van der Waals surface area contributed by atoms with Gasteiger partial charge in [0, 0.05) is 22.1 Å². The zero-order valence-corrected chi connectivity index (χ0v) is 16.3. The Kier molecular flexibility index (Phi) is 5.18. The number of aliphatic imine (C=N–C) groups is 1. The fourth-order valence-corrected chi connectivity index (χ4v) is 4.56. The predicted octanol–water partition coefficient (Wildman–Crippen LogP) is 5.26. The van der Waals surface area contributed by atoms with E-state index in [1.54, 1.807) is 28.6 Å². The van der Waals surface area contributed by atoms with Gasteiger partial charge in [0.15, 0.2) is 5.17 Å². The average molecular weight is 392 g/mol. The first kappa shape index (κ1) is 17.7. The van der Waals surface area contributed by atoms with E-state index >= 15 is 0 Å². The van der Waals surface area contributed by atoms with Crippen molar-refractivity contribution in [1.82, 2.24) is 9.88 Å². The van der Waals surface area contributed by atoms with Crippen molar-refractivity contribution in [2.24, 2.45) is 4.99 Å². The quantitative estimate of drug-likeness (QED) is 0.570. The van der Waals surface area contributed by atoms with Crippen LogP contribution < -0.4 is 0 Å². The minimum Gasteiger partial charge on any atom is -0.282 e. The third kappa shape index (κ3) is 4.18. The van der Waals surface area contributed by atoms with Crippen molar-refractivity contribution in [3.05, 3.63) is 87.2 Å². The van der Waals surface area contributed by atoms with Crippen LogP contribution in [0.5, 0.6) is 0 Å². The molecule has 1 aliphatic heterocycles. The maximum Gasteiger partial charge on any atom is 0.267 e. The number of rotatable bonds is 4. The molecule has 27 heavy (non-hydrogen) atoms. The van der Waals surface area contributed by atoms with Crippen LogP contribution >= 0.6 is 23.1 Å². The first-order chi connectivity index (χ1) is 13.2. The van der Waals surface area contributed by atoms with E-state index in [1.807, 2.05) is 54.6 Å². The van der Waals surface area contributed by atoms with Gasteiger partial charge in [-0.05, 0) is 66.7 Å². The van der Waals surface area contributed by atoms with Crippen molar-refractivity contribution in [3.8, 4) is 0 Å². The molecule has 0 bridgehead atoms. The highest BCUT2D eigenvalue weighted by molar-refractivity contribution is 8.18. The van der Waals surface area contributed by atoms with Crippen molar-refractivity contribution in [1.29, 1.82) is 0 Å². The number of nitrogens with zero attached hydrogens (tertiary/aromatic N) is 3. The summed E-state index contributed by atoms with van der Waals surface area (Å²) in [5, 5.41) is 0.697. The summed E-state index contributed by atoms with van der Waals surface area (Å²) < 4.78 is 0. The third-order valence-corrected chi connectivity index (χ3v) is 5.95. The van der Waals surface area contributed by atoms with E-state index in [2.05, 4.69) is 18.0 Å². The number of amidine groups is 1. The summed E-state index contributed by atoms with van der Waals surface area (Å²) in [6.45, 7) is 2.54. The highest BCUT2D eigenvalue weighted by atomic mass is 32.2. The van der Waals surface area contributed by atoms with Crippen molar-refractivity contribution >= 4 is 45.9 Å². The van der Waals surface area contributed by atoms with Gasteiger partial charge in [-0.2, -0.15) is 0 Å². The second kappa shape index (κ2) is 7.90. The lowest BCUT2D eigenvalue weighted by atomic mass is 10.2. The normalized spacial score (nSPS) is 17.2. The van der Waals surface area contributed by atoms with Crippen LogP contribution in [0.3, 0.4) is 0 Å². The van der Waals surface area contributed by atoms with Crippen LogP contribution in [-0.4, -0.2) is 21.0 Å². The van der Waals surface area contributed by atoms with E-state index in [4.69, 9.17) is 4.99 Å². The molecule has 0 spiro atoms. The van der Waals surface area contributed by atoms with Crippen LogP contribution in [0.4, 0.5) is 5.69 Å². The molecular formula is C21H17N3OS2. The SMILES string of the molecule is Cc1ccc(/C=C2/SC(=Nc3ccccc3)N(Cc3ccncc3)C2=O)s1. The Hall–Kier alpha value is -2.70. The summed E-state index contributed by atoms with van der Waals surface area (Å²) in [6.07, 6.45) is 5.43. The van der Waals surface area contributed by atoms with Crippen LogP contribution in [0.2, 0.25) is 0 Å². The Bertz CT molecular complexity index is 1010. The molecule has 0 radical (unpaired) electrons. The van der Waals surface area contributed by atoms with Gasteiger partial charge in [0.1, 0.15) is 0 Å². The van der Waals surface area contributed by atoms with Crippen LogP contribution in [0, 0.1) is 6.92 Å². The number of carbonyl (C=O) groups is 1. The Morgan fingerprint density at radius 2 is 1.85 bits per heavy atom. The van der Waals surface area contributed by atoms with Gasteiger partial charge in [0.25, 0.3) is 5.91 Å². The Labute approximate surface area is 166 Å². The number of para-hydroxylation sites is 1. The van der Waals surface area contributed by atoms with Gasteiger partial charge in [-0.1, -0.05) is 18.2 Å². The van der Waals surface area contributed by atoms with E-state index in [1.165, 1.54) is 16.6 Å². The molecule has 0 atom stereocenters. The van der Waals surface area contributed by atoms with Gasteiger partial charge in [0.05, 0.1) is 17.1 Å². The maximum atomic E-state index is 13.1. The molecule has 3 aromatic rings. The fourth-order valence-electron chi connectivity index (χ4n) is 2.67. The van der Waals surface area contributed by atoms with Crippen LogP contribution in [0.25, 0.3) is 6.08 Å². The van der Waals surface area contributed by atoms with Crippen molar-refractivity contribution in [2.75, 3.05) is 0 Å². The number of hydrogen-bond acceptors (Lipinski definition) is 5. The third-order valence-electron chi connectivity index (χ3n) is 3.99. The summed E-state index contributed by atoms with van der Waals surface area (Å²) in [7, 11) is 0. The molecule has 1 aliphatic rings. The summed E-state index contributed by atoms with van der Waals surface area (Å²) in [4.78, 5) is 26.6. The highest BCUT2D eigenvalue weighted by Crippen LogP contribution is 2.36. The molecule has 3 heterocycles. The molecule has 2 aromatic heterocycles. The number of benzene rings is 1. The van der Waals surface area contributed by atoms with Crippen LogP contribution in [0.1, 0.15) is 15.3 Å². The standard InChI is InChI=1S/C21H17N3OS2/c1-15-7-8-18(26-15)13-19-20(25)24(14-16-9-11-22-12-10-16)21(27-19)23-17-5-3-2-4-6-17/h2-13H,14H2,1H3/b19-13+,23-21?. The van der Waals surface area contributed by atoms with Gasteiger partial charge in [0.2, 0.25) is 0 Å². The van der Waals surface area contributed by atoms with Crippen molar-refractivity contribution in [2.45, 2.75) is 13.5 Å². The van der Waals surface area contributed by atoms with Gasteiger partial charge >= 0.3 is 0 Å². The lowest BCUT2D eigenvalue weighted by Crippen LogP contribution is -2.28. The van der Waals surface area contributed by atoms with Crippen LogP contribution in [-0.2, 0) is 11.3 Å². The van der Waals surface area contributed by atoms with Crippen LogP contribution in [0.15, 0.2) is 76.9 Å². The molecule has 1 saturated heterocycles. The number of amides is 1. The molecule has 1 fully saturated rings. The Morgan fingerprint density at radius 3 is 2.56 bits per heavy atom. The number of thioether (sulfide) groups is 1. The molecule has 4 rings (SSSR count). The lowest BCUT2D eigenvalue weighted by Gasteiger charge is -2.15. The van der Waals surface area contributed by atoms with E-state index < -0.39 is 0 Å². The number of aromatic nitrogens is 1. The first-order valence-electron chi connectivity index (χ1n) is 8.49. The topological polar surface area (TPSA) is 45.6 Å². The summed E-state index contributed by atoms with van der Waals surface area (Å²) >= 11 is 3.10. The molecule has 6 heteroatoms. The van der Waals surface area contributed by atoms with E-state index in [9.17, 15) is 4.79 Å². The number of aryl methyl sites for hydroxylation is 1. The van der Waals surface area contributed by atoms with E-state index in [0.29, 0.717) is 16.6 Å². The van der Waals surface area contributed by atoms with Gasteiger partial charge in [-0.15, -0.1) is 11.3 Å². The smallest absolute Gasteiger partial charge is 0.267 e. The number of pyridine rings is 1. The molecule has 0 unspecified atom stereocenters. The Morgan fingerprint density at radius 1 is 1.07 bits per heavy atom. The summed E-state index contributed by atoms with van der Waals surface area (Å²) in [6, 6.07) is 17.7. The van der Waals surface area contributed by atoms with Crippen molar-refractivity contribution < 1.29 is 4.79 Å². The minimum absolute atomic E-state index is 0.0162. The average Bonchev–Trinajstić information content (AvgIpc) is 3.22.